The van der Waals surface area contributed by atoms with Crippen molar-refractivity contribution in [3.8, 4) is 6.01 Å². The Bertz CT molecular complexity index is 442. The Morgan fingerprint density at radius 3 is 2.55 bits per heavy atom. The zero-order chi connectivity index (χ0) is 13.8. The highest BCUT2D eigenvalue weighted by Gasteiger charge is 2.19. The monoisotopic (exact) mass is 278 g/mol. The molecular formula is C13H22N6O. The van der Waals surface area contributed by atoms with Crippen molar-refractivity contribution >= 4 is 11.9 Å². The highest BCUT2D eigenvalue weighted by molar-refractivity contribution is 5.38. The van der Waals surface area contributed by atoms with Crippen molar-refractivity contribution in [3.05, 3.63) is 0 Å². The van der Waals surface area contributed by atoms with E-state index in [-0.39, 0.29) is 0 Å². The molecule has 0 aromatic carbocycles. The molecule has 2 fully saturated rings. The molecule has 0 atom stereocenters. The van der Waals surface area contributed by atoms with E-state index < -0.39 is 0 Å². The molecule has 2 aliphatic rings. The molecule has 0 unspecified atom stereocenters. The van der Waals surface area contributed by atoms with Gasteiger partial charge in [0.1, 0.15) is 0 Å². The van der Waals surface area contributed by atoms with Crippen LogP contribution in [0.4, 0.5) is 11.9 Å². The third-order valence-corrected chi connectivity index (χ3v) is 4.04. The Kier molecular flexibility index (Phi) is 4.15. The van der Waals surface area contributed by atoms with Gasteiger partial charge in [0.15, 0.2) is 0 Å². The van der Waals surface area contributed by atoms with Gasteiger partial charge in [0, 0.05) is 13.1 Å². The molecule has 0 radical (unpaired) electrons. The van der Waals surface area contributed by atoms with Gasteiger partial charge in [0.2, 0.25) is 11.9 Å². The van der Waals surface area contributed by atoms with Gasteiger partial charge in [-0.15, -0.1) is 0 Å². The fourth-order valence-electron chi connectivity index (χ4n) is 2.90. The van der Waals surface area contributed by atoms with Gasteiger partial charge in [-0.2, -0.15) is 15.0 Å². The zero-order valence-electron chi connectivity index (χ0n) is 11.7. The van der Waals surface area contributed by atoms with Gasteiger partial charge in [-0.3, -0.25) is 5.43 Å². The first-order chi connectivity index (χ1) is 9.85. The molecule has 1 aromatic rings. The largest absolute Gasteiger partial charge is 0.463 e. The van der Waals surface area contributed by atoms with Gasteiger partial charge in [0.05, 0.1) is 6.61 Å². The van der Waals surface area contributed by atoms with Crippen molar-refractivity contribution in [2.45, 2.75) is 38.5 Å². The maximum Gasteiger partial charge on any atom is 0.323 e. The molecule has 1 aromatic heterocycles. The SMILES string of the molecule is NNc1nc(OCC2CCCC2)nc(N2CCCC2)n1. The fraction of sp³-hybridized carbons (Fsp3) is 0.769. The minimum Gasteiger partial charge on any atom is -0.463 e. The number of nitrogens with one attached hydrogen (secondary N) is 1. The molecule has 0 bridgehead atoms. The van der Waals surface area contributed by atoms with Crippen LogP contribution in [-0.4, -0.2) is 34.6 Å². The maximum atomic E-state index is 5.75. The van der Waals surface area contributed by atoms with E-state index in [0.29, 0.717) is 30.4 Å². The summed E-state index contributed by atoms with van der Waals surface area (Å²) >= 11 is 0. The molecule has 20 heavy (non-hydrogen) atoms. The van der Waals surface area contributed by atoms with E-state index in [2.05, 4.69) is 25.3 Å². The lowest BCUT2D eigenvalue weighted by atomic mass is 10.1. The van der Waals surface area contributed by atoms with Crippen LogP contribution in [0.2, 0.25) is 0 Å². The highest BCUT2D eigenvalue weighted by atomic mass is 16.5. The number of anilines is 2. The molecule has 3 N–H and O–H groups in total. The molecule has 2 heterocycles. The topological polar surface area (TPSA) is 89.2 Å². The maximum absolute atomic E-state index is 5.75. The number of nitrogens with zero attached hydrogens (tertiary/aromatic N) is 4. The van der Waals surface area contributed by atoms with Crippen LogP contribution in [0.15, 0.2) is 0 Å². The van der Waals surface area contributed by atoms with Crippen molar-refractivity contribution in [3.63, 3.8) is 0 Å². The Morgan fingerprint density at radius 1 is 1.10 bits per heavy atom. The van der Waals surface area contributed by atoms with Crippen LogP contribution in [0.1, 0.15) is 38.5 Å². The van der Waals surface area contributed by atoms with Crippen molar-refractivity contribution < 1.29 is 4.74 Å². The second-order valence-electron chi connectivity index (χ2n) is 5.54. The molecule has 7 nitrogen and oxygen atoms in total. The van der Waals surface area contributed by atoms with E-state index in [1.807, 2.05) is 0 Å². The Balaban J connectivity index is 1.69. The molecule has 1 aliphatic carbocycles. The van der Waals surface area contributed by atoms with Gasteiger partial charge in [-0.1, -0.05) is 12.8 Å². The molecule has 1 aliphatic heterocycles. The van der Waals surface area contributed by atoms with E-state index in [0.717, 1.165) is 13.1 Å². The first-order valence-electron chi connectivity index (χ1n) is 7.45. The number of nitrogen functional groups attached to an aromatic ring is 1. The molecule has 0 amide bonds. The summed E-state index contributed by atoms with van der Waals surface area (Å²) in [6, 6.07) is 0.377. The predicted molar refractivity (Wildman–Crippen MR) is 76.5 cm³/mol. The normalized spacial score (nSPS) is 19.6. The number of hydrogen-bond acceptors (Lipinski definition) is 7. The van der Waals surface area contributed by atoms with Crippen LogP contribution in [0.5, 0.6) is 6.01 Å². The van der Waals surface area contributed by atoms with Crippen LogP contribution in [0, 0.1) is 5.92 Å². The average Bonchev–Trinajstić information content (AvgIpc) is 3.17. The Labute approximate surface area is 118 Å². The van der Waals surface area contributed by atoms with Crippen molar-refractivity contribution in [1.82, 2.24) is 15.0 Å². The van der Waals surface area contributed by atoms with Gasteiger partial charge >= 0.3 is 6.01 Å². The zero-order valence-corrected chi connectivity index (χ0v) is 11.7. The molecule has 1 saturated heterocycles. The Morgan fingerprint density at radius 2 is 1.85 bits per heavy atom. The first-order valence-corrected chi connectivity index (χ1v) is 7.45. The standard InChI is InChI=1S/C13H22N6O/c14-18-11-15-12(19-7-3-4-8-19)17-13(16-11)20-9-10-5-1-2-6-10/h10H,1-9,14H2,(H,15,16,17,18). The second-order valence-corrected chi connectivity index (χ2v) is 5.54. The summed E-state index contributed by atoms with van der Waals surface area (Å²) in [7, 11) is 0. The third kappa shape index (κ3) is 3.09. The number of aromatic nitrogens is 3. The predicted octanol–water partition coefficient (Wildman–Crippen LogP) is 1.33. The summed E-state index contributed by atoms with van der Waals surface area (Å²) in [4.78, 5) is 15.0. The fourth-order valence-corrected chi connectivity index (χ4v) is 2.90. The minimum absolute atomic E-state index is 0.364. The van der Waals surface area contributed by atoms with Crippen LogP contribution in [-0.2, 0) is 0 Å². The highest BCUT2D eigenvalue weighted by Crippen LogP contribution is 2.25. The number of nitrogens with two attached hydrogens (primary N) is 1. The van der Waals surface area contributed by atoms with Crippen molar-refractivity contribution in [1.29, 1.82) is 0 Å². The summed E-state index contributed by atoms with van der Waals surface area (Å²) < 4.78 is 5.75. The Hall–Kier alpha value is -1.63. The van der Waals surface area contributed by atoms with Gasteiger partial charge in [-0.25, -0.2) is 5.84 Å². The second kappa shape index (κ2) is 6.21. The summed E-state index contributed by atoms with van der Waals surface area (Å²) in [5.74, 6) is 7.09. The van der Waals surface area contributed by atoms with Crippen LogP contribution >= 0.6 is 0 Å². The smallest absolute Gasteiger partial charge is 0.323 e. The lowest BCUT2D eigenvalue weighted by molar-refractivity contribution is 0.234. The van der Waals surface area contributed by atoms with Crippen LogP contribution in [0.3, 0.4) is 0 Å². The lowest BCUT2D eigenvalue weighted by Gasteiger charge is -2.17. The van der Waals surface area contributed by atoms with Gasteiger partial charge in [-0.05, 0) is 31.6 Å². The number of rotatable bonds is 5. The van der Waals surface area contributed by atoms with Crippen molar-refractivity contribution in [2.75, 3.05) is 30.0 Å². The molecule has 0 spiro atoms. The third-order valence-electron chi connectivity index (χ3n) is 4.04. The quantitative estimate of drug-likeness (QED) is 0.620. The number of ether oxygens (including phenoxy) is 1. The summed E-state index contributed by atoms with van der Waals surface area (Å²) in [5.41, 5.74) is 2.49. The van der Waals surface area contributed by atoms with E-state index in [4.69, 9.17) is 10.6 Å². The molecule has 7 heteroatoms. The van der Waals surface area contributed by atoms with Crippen LogP contribution in [0.25, 0.3) is 0 Å². The molecular weight excluding hydrogens is 256 g/mol. The van der Waals surface area contributed by atoms with E-state index in [1.54, 1.807) is 0 Å². The minimum atomic E-state index is 0.364. The molecule has 1 saturated carbocycles. The summed E-state index contributed by atoms with van der Waals surface area (Å²) in [5, 5.41) is 0. The van der Waals surface area contributed by atoms with E-state index in [9.17, 15) is 0 Å². The number of hydrogen-bond donors (Lipinski definition) is 2. The summed E-state index contributed by atoms with van der Waals surface area (Å²) in [6.45, 7) is 2.65. The van der Waals surface area contributed by atoms with Gasteiger partial charge < -0.3 is 9.64 Å². The average molecular weight is 278 g/mol. The van der Waals surface area contributed by atoms with Crippen LogP contribution < -0.4 is 20.9 Å². The van der Waals surface area contributed by atoms with E-state index >= 15 is 0 Å². The van der Waals surface area contributed by atoms with Gasteiger partial charge in [0.25, 0.3) is 0 Å². The molecule has 3 rings (SSSR count). The summed E-state index contributed by atoms with van der Waals surface area (Å²) in [6.07, 6.45) is 7.45. The van der Waals surface area contributed by atoms with Crippen molar-refractivity contribution in [2.24, 2.45) is 11.8 Å². The first kappa shape index (κ1) is 13.4. The lowest BCUT2D eigenvalue weighted by Crippen LogP contribution is -2.23. The number of hydrazine groups is 1. The molecule has 110 valence electrons. The van der Waals surface area contributed by atoms with E-state index in [1.165, 1.54) is 38.5 Å².